The van der Waals surface area contributed by atoms with Crippen LogP contribution in [0.25, 0.3) is 10.8 Å². The van der Waals surface area contributed by atoms with E-state index in [0.29, 0.717) is 18.2 Å². The van der Waals surface area contributed by atoms with Gasteiger partial charge in [0.1, 0.15) is 56.7 Å². The standard InChI is InChI=1S/C33H27ClN10O16S5.5Na/c1-14-9-18(61(46,47)48)4-6-20(14)37-33-39-31(34)38-32(40-33)36-17-3-8-23(63(52,53)54)22(13-17)42-43-28-24(64(55,56)57)11-16-12-25(65(58,59)60)29(30(45)26(16)27(28)35)44-41-21-7-5-19(10-15(21)2)62(49,50)51;;;;;/h3-13,45H,35H2,1-2H3,(H,46,47,48)(H,49,50,51)(H,52,53,54)(H,55,56,57)(H,58,59,60)(H2,36,37,38,39,40);;;;;/q;5*+1/p-5. The van der Waals surface area contributed by atoms with E-state index in [1.807, 2.05) is 0 Å². The zero-order valence-corrected chi connectivity index (χ0v) is 51.9. The Bertz CT molecular complexity index is 3760. The summed E-state index contributed by atoms with van der Waals surface area (Å²) in [7, 11) is -26.2. The van der Waals surface area contributed by atoms with Gasteiger partial charge in [0.2, 0.25) is 16.9 Å². The van der Waals surface area contributed by atoms with Crippen LogP contribution >= 0.6 is 11.6 Å². The minimum Gasteiger partial charge on any atom is -0.870 e. The molecule has 0 bridgehead atoms. The summed E-state index contributed by atoms with van der Waals surface area (Å²) in [6, 6.07) is 9.53. The average Bonchev–Trinajstić information content (AvgIpc) is 3.16. The van der Waals surface area contributed by atoms with Crippen LogP contribution in [0.15, 0.2) is 117 Å². The van der Waals surface area contributed by atoms with E-state index in [0.717, 1.165) is 42.5 Å². The molecule has 70 heavy (non-hydrogen) atoms. The normalized spacial score (nSPS) is 12.4. The summed E-state index contributed by atoms with van der Waals surface area (Å²) >= 11 is 6.06. The summed E-state index contributed by atoms with van der Waals surface area (Å²) in [6.45, 7) is 2.75. The number of fused-ring (bicyclic) bond motifs is 1. The molecule has 5 aromatic carbocycles. The molecule has 37 heteroatoms. The topological polar surface area (TPSA) is 448 Å². The van der Waals surface area contributed by atoms with E-state index in [1.165, 1.54) is 19.9 Å². The molecule has 0 aliphatic carbocycles. The van der Waals surface area contributed by atoms with Gasteiger partial charge in [0.25, 0.3) is 10.1 Å². The Labute approximate surface area is 513 Å². The third-order valence-electron chi connectivity index (χ3n) is 8.63. The monoisotopic (exact) mass is 1120 g/mol. The number of azo groups is 2. The van der Waals surface area contributed by atoms with Crippen LogP contribution in [0.4, 0.5) is 45.8 Å². The van der Waals surface area contributed by atoms with Gasteiger partial charge in [-0.15, -0.1) is 15.3 Å². The van der Waals surface area contributed by atoms with Gasteiger partial charge in [0.15, 0.2) is 0 Å². The number of nitrogen functional groups attached to an aromatic ring is 1. The van der Waals surface area contributed by atoms with E-state index in [2.05, 4.69) is 45.7 Å². The molecule has 0 spiro atoms. The Hall–Kier alpha value is -1.39. The smallest absolute Gasteiger partial charge is 0.870 e. The Balaban J connectivity index is 0.00000490. The maximum atomic E-state index is 13.9. The Morgan fingerprint density at radius 3 is 1.69 bits per heavy atom. The van der Waals surface area contributed by atoms with E-state index >= 15 is 0 Å². The van der Waals surface area contributed by atoms with Crippen molar-refractivity contribution in [3.63, 3.8) is 0 Å². The fraction of sp³-hybridized carbons (Fsp3) is 0.0606. The van der Waals surface area contributed by atoms with Gasteiger partial charge in [0, 0.05) is 11.1 Å². The number of rotatable bonds is 12. The summed E-state index contributed by atoms with van der Waals surface area (Å²) in [5.74, 6) is -1.62. The summed E-state index contributed by atoms with van der Waals surface area (Å²) in [4.78, 5) is 9.71. The van der Waals surface area contributed by atoms with Gasteiger partial charge in [-0.05, 0) is 109 Å². The van der Waals surface area contributed by atoms with Gasteiger partial charge in [0.05, 0.1) is 42.3 Å². The van der Waals surface area contributed by atoms with E-state index in [9.17, 15) is 70.0 Å². The van der Waals surface area contributed by atoms with Gasteiger partial charge in [-0.2, -0.15) is 23.5 Å². The first-order chi connectivity index (χ1) is 29.9. The van der Waals surface area contributed by atoms with Crippen molar-refractivity contribution in [1.29, 1.82) is 0 Å². The summed E-state index contributed by atoms with van der Waals surface area (Å²) in [6.07, 6.45) is 0. The fourth-order valence-electron chi connectivity index (χ4n) is 5.71. The van der Waals surface area contributed by atoms with Crippen molar-refractivity contribution in [1.82, 2.24) is 15.0 Å². The summed E-state index contributed by atoms with van der Waals surface area (Å²) < 4.78 is 178. The first-order valence-electron chi connectivity index (χ1n) is 17.0. The van der Waals surface area contributed by atoms with E-state index in [4.69, 9.17) is 17.3 Å². The molecule has 0 fully saturated rings. The van der Waals surface area contributed by atoms with Crippen LogP contribution in [0.5, 0.6) is 5.75 Å². The third-order valence-corrected chi connectivity index (χ3v) is 13.1. The number of aromatic nitrogens is 3. The summed E-state index contributed by atoms with van der Waals surface area (Å²) in [5.41, 5.74) is 1.77. The number of hydrogen-bond acceptors (Lipinski definition) is 24. The van der Waals surface area contributed by atoms with Crippen molar-refractivity contribution in [2.75, 3.05) is 11.1 Å². The van der Waals surface area contributed by atoms with Gasteiger partial charge in [-0.25, -0.2) is 38.7 Å². The second-order valence-electron chi connectivity index (χ2n) is 13.1. The number of halogens is 1. The molecule has 26 nitrogen and oxygen atoms in total. The van der Waals surface area contributed by atoms with Crippen LogP contribution < -0.4 is 170 Å². The molecule has 0 aliphatic heterocycles. The van der Waals surface area contributed by atoms with Crippen molar-refractivity contribution < 1.29 is 218 Å². The van der Waals surface area contributed by atoms with Gasteiger partial charge < -0.3 is 34.4 Å². The quantitative estimate of drug-likeness (QED) is 0.0382. The first-order valence-corrected chi connectivity index (χ1v) is 24.4. The van der Waals surface area contributed by atoms with Gasteiger partial charge >= 0.3 is 148 Å². The zero-order valence-electron chi connectivity index (χ0n) is 37.0. The van der Waals surface area contributed by atoms with Crippen LogP contribution in [0.1, 0.15) is 11.1 Å². The Kier molecular flexibility index (Phi) is 24.2. The molecule has 1 heterocycles. The molecule has 0 saturated carbocycles. The van der Waals surface area contributed by atoms with Crippen LogP contribution in [0.2, 0.25) is 5.28 Å². The molecule has 5 N–H and O–H groups in total. The molecule has 0 unspecified atom stereocenters. The number of nitrogens with one attached hydrogen (secondary N) is 2. The predicted molar refractivity (Wildman–Crippen MR) is 217 cm³/mol. The number of nitrogens with two attached hydrogens (primary N) is 1. The maximum Gasteiger partial charge on any atom is 1.00 e. The van der Waals surface area contributed by atoms with E-state index in [1.54, 1.807) is 0 Å². The number of aromatic amines is 1. The molecule has 6 rings (SSSR count). The fourth-order valence-corrected chi connectivity index (χ4v) is 8.89. The predicted octanol–water partition coefficient (Wildman–Crippen LogP) is -11.4. The molecular formula is C33H22ClN10Na5O16S5. The summed E-state index contributed by atoms with van der Waals surface area (Å²) in [5, 5.41) is 29.3. The Morgan fingerprint density at radius 2 is 1.16 bits per heavy atom. The third kappa shape index (κ3) is 16.1. The van der Waals surface area contributed by atoms with Crippen LogP contribution in [0.3, 0.4) is 0 Å². The van der Waals surface area contributed by atoms with Crippen molar-refractivity contribution in [3.8, 4) is 5.75 Å². The molecule has 0 atom stereocenters. The van der Waals surface area contributed by atoms with E-state index in [-0.39, 0.29) is 188 Å². The van der Waals surface area contributed by atoms with Gasteiger partial charge in [-0.1, -0.05) is 5.75 Å². The number of hydrogen-bond donors (Lipinski definition) is 4. The van der Waals surface area contributed by atoms with Crippen molar-refractivity contribution in [2.24, 2.45) is 25.4 Å². The number of nitrogens with zero attached hydrogens (tertiary/aromatic N) is 7. The molecule has 1 aromatic heterocycles. The molecule has 0 saturated heterocycles. The van der Waals surface area contributed by atoms with Crippen LogP contribution in [-0.4, -0.2) is 79.8 Å². The number of aryl methyl sites for hydroxylation is 2. The van der Waals surface area contributed by atoms with E-state index < -0.39 is 120 Å². The Morgan fingerprint density at radius 1 is 0.629 bits per heavy atom. The number of H-pyrrole nitrogens is 1. The van der Waals surface area contributed by atoms with Crippen molar-refractivity contribution in [3.05, 3.63) is 88.8 Å². The molecule has 342 valence electrons. The SMILES string of the molecule is Cc1cc(S(=O)(=O)[O-])ccc1N=Nc1c(S(=O)(=O)O)cc2cc(S(=O)(=O)[O-])c(N=Nc3cc(N=c4nc(Cl)nc(Nc5ccc(S(=O)(=O)[O-])cc5C)[nH]4)ccc3S(=O)(=O)[O-])c(N)c2c1[O-].[Na+].[Na+].[Na+].[Na+].[Na+]. The van der Waals surface area contributed by atoms with Crippen LogP contribution in [-0.2, 0) is 50.6 Å². The molecule has 0 radical (unpaired) electrons. The van der Waals surface area contributed by atoms with Gasteiger partial charge in [-0.3, -0.25) is 9.54 Å². The largest absolute Gasteiger partial charge is 1.00 e. The maximum absolute atomic E-state index is 13.9. The van der Waals surface area contributed by atoms with Crippen LogP contribution in [0, 0.1) is 13.8 Å². The average molecular weight is 1130 g/mol. The molecule has 6 aromatic rings. The van der Waals surface area contributed by atoms with Crippen molar-refractivity contribution in [2.45, 2.75) is 38.3 Å². The zero-order chi connectivity index (χ0) is 48.2. The number of anilines is 3. The minimum absolute atomic E-state index is 0. The first kappa shape index (κ1) is 66.6. The molecular weight excluding hydrogens is 1100 g/mol. The number of benzene rings is 5. The molecule has 0 amide bonds. The second kappa shape index (κ2) is 25.4. The minimum atomic E-state index is -5.70. The second-order valence-corrected chi connectivity index (χ2v) is 20.3. The van der Waals surface area contributed by atoms with Crippen molar-refractivity contribution >= 4 is 119 Å². The molecule has 0 aliphatic rings.